The number of hydrogen-bond donors (Lipinski definition) is 0. The molecule has 22 aromatic rings. The van der Waals surface area contributed by atoms with Crippen molar-refractivity contribution in [1.29, 1.82) is 0 Å². The SMILES string of the molecule is CC1(C)c2ccc(-c3c4ccccc4c(-c4ccc(-c5ccc6ccccc6c5)cc4)c4ccccc34)cc2-c2cc3c4ccccc4c4ccccc4c3cc21.CC1(C)c2ccc(-c3c4ccccc4c(-c4ccc(-c5cccc6ccccc56)cc4)c4ccccc34)cc2-c2cc3c4ccccc4c4ccccc4c3cc21. The first-order valence-electron chi connectivity index (χ1n) is 40.2. The minimum atomic E-state index is -0.129. The van der Waals surface area contributed by atoms with Crippen LogP contribution >= 0.6 is 0 Å². The Hall–Kier alpha value is -14.0. The molecular weight excluding hydrogens is 1370 g/mol. The van der Waals surface area contributed by atoms with Crippen molar-refractivity contribution in [3.8, 4) is 89.0 Å². The Morgan fingerprint density at radius 2 is 0.395 bits per heavy atom. The summed E-state index contributed by atoms with van der Waals surface area (Å²) in [5.41, 5.74) is 25.8. The quantitative estimate of drug-likeness (QED) is 0.115. The maximum atomic E-state index is 2.50. The molecule has 114 heavy (non-hydrogen) atoms. The van der Waals surface area contributed by atoms with E-state index in [4.69, 9.17) is 0 Å². The summed E-state index contributed by atoms with van der Waals surface area (Å²) in [6.07, 6.45) is 0. The molecule has 0 saturated heterocycles. The van der Waals surface area contributed by atoms with Crippen molar-refractivity contribution in [2.45, 2.75) is 38.5 Å². The van der Waals surface area contributed by atoms with Crippen LogP contribution in [0.4, 0.5) is 0 Å². The molecule has 0 spiro atoms. The summed E-state index contributed by atoms with van der Waals surface area (Å²) >= 11 is 0. The van der Waals surface area contributed by atoms with Gasteiger partial charge in [0.15, 0.2) is 0 Å². The van der Waals surface area contributed by atoms with Crippen LogP contribution in [-0.4, -0.2) is 0 Å². The largest absolute Gasteiger partial charge is 0.0616 e. The normalized spacial score (nSPS) is 13.2. The molecule has 532 valence electrons. The van der Waals surface area contributed by atoms with Crippen molar-refractivity contribution < 1.29 is 0 Å². The fraction of sp³-hybridized carbons (Fsp3) is 0.0526. The number of hydrogen-bond acceptors (Lipinski definition) is 0. The lowest BCUT2D eigenvalue weighted by molar-refractivity contribution is 0.661. The van der Waals surface area contributed by atoms with Crippen LogP contribution in [0.25, 0.3) is 218 Å². The zero-order valence-electron chi connectivity index (χ0n) is 64.0. The van der Waals surface area contributed by atoms with Gasteiger partial charge in [-0.05, 0) is 283 Å². The Labute approximate surface area is 662 Å². The van der Waals surface area contributed by atoms with Gasteiger partial charge in [0, 0.05) is 10.8 Å². The van der Waals surface area contributed by atoms with Crippen molar-refractivity contribution in [3.63, 3.8) is 0 Å². The van der Waals surface area contributed by atoms with Gasteiger partial charge in [0.05, 0.1) is 0 Å². The van der Waals surface area contributed by atoms with Crippen molar-refractivity contribution in [2.24, 2.45) is 0 Å². The minimum absolute atomic E-state index is 0.128. The zero-order valence-corrected chi connectivity index (χ0v) is 64.0. The molecule has 0 heterocycles. The smallest absolute Gasteiger partial charge is 0.0159 e. The third-order valence-corrected chi connectivity index (χ3v) is 26.0. The van der Waals surface area contributed by atoms with Crippen LogP contribution in [0.2, 0.25) is 0 Å². The molecule has 0 amide bonds. The highest BCUT2D eigenvalue weighted by Crippen LogP contribution is 2.57. The van der Waals surface area contributed by atoms with Gasteiger partial charge in [-0.1, -0.05) is 373 Å². The van der Waals surface area contributed by atoms with Gasteiger partial charge in [-0.25, -0.2) is 0 Å². The van der Waals surface area contributed by atoms with Crippen LogP contribution in [0.5, 0.6) is 0 Å². The topological polar surface area (TPSA) is 0 Å². The average Bonchev–Trinajstić information content (AvgIpc) is 1.50. The van der Waals surface area contributed by atoms with Crippen LogP contribution in [0.3, 0.4) is 0 Å². The van der Waals surface area contributed by atoms with E-state index in [1.165, 1.54) is 241 Å². The van der Waals surface area contributed by atoms with Crippen LogP contribution < -0.4 is 0 Å². The molecule has 22 aromatic carbocycles. The van der Waals surface area contributed by atoms with E-state index in [1.807, 2.05) is 0 Å². The molecule has 0 radical (unpaired) electrons. The van der Waals surface area contributed by atoms with E-state index in [2.05, 4.69) is 416 Å². The van der Waals surface area contributed by atoms with E-state index < -0.39 is 0 Å². The van der Waals surface area contributed by atoms with Crippen LogP contribution in [0.15, 0.2) is 388 Å². The Bertz CT molecular complexity index is 7750. The third-order valence-electron chi connectivity index (χ3n) is 26.0. The maximum Gasteiger partial charge on any atom is 0.0159 e. The second-order valence-electron chi connectivity index (χ2n) is 32.8. The fourth-order valence-electron chi connectivity index (χ4n) is 20.6. The highest BCUT2D eigenvalue weighted by Gasteiger charge is 2.39. The van der Waals surface area contributed by atoms with Crippen molar-refractivity contribution >= 4 is 129 Å². The second kappa shape index (κ2) is 25.2. The second-order valence-corrected chi connectivity index (χ2v) is 32.8. The summed E-state index contributed by atoms with van der Waals surface area (Å²) < 4.78 is 0. The van der Waals surface area contributed by atoms with Gasteiger partial charge in [-0.2, -0.15) is 0 Å². The predicted molar refractivity (Wildman–Crippen MR) is 491 cm³/mol. The Morgan fingerprint density at radius 3 is 0.781 bits per heavy atom. The van der Waals surface area contributed by atoms with E-state index in [1.54, 1.807) is 0 Å². The van der Waals surface area contributed by atoms with Gasteiger partial charge < -0.3 is 0 Å². The molecule has 0 nitrogen and oxygen atoms in total. The molecule has 0 N–H and O–H groups in total. The molecular formula is C114H76. The summed E-state index contributed by atoms with van der Waals surface area (Å²) in [5.74, 6) is 0. The molecule has 0 bridgehead atoms. The molecule has 2 aliphatic carbocycles. The van der Waals surface area contributed by atoms with Gasteiger partial charge in [0.2, 0.25) is 0 Å². The lowest BCUT2D eigenvalue weighted by Crippen LogP contribution is -2.14. The first-order valence-corrected chi connectivity index (χ1v) is 40.2. The van der Waals surface area contributed by atoms with E-state index in [9.17, 15) is 0 Å². The molecule has 24 rings (SSSR count). The van der Waals surface area contributed by atoms with Crippen molar-refractivity contribution in [1.82, 2.24) is 0 Å². The summed E-state index contributed by atoms with van der Waals surface area (Å²) in [6.45, 7) is 9.60. The lowest BCUT2D eigenvalue weighted by Gasteiger charge is -2.23. The van der Waals surface area contributed by atoms with Gasteiger partial charge in [-0.15, -0.1) is 0 Å². The van der Waals surface area contributed by atoms with E-state index in [0.29, 0.717) is 0 Å². The molecule has 0 heteroatoms. The van der Waals surface area contributed by atoms with Crippen molar-refractivity contribution in [2.75, 3.05) is 0 Å². The van der Waals surface area contributed by atoms with E-state index in [0.717, 1.165) is 0 Å². The Morgan fingerprint density at radius 1 is 0.132 bits per heavy atom. The van der Waals surface area contributed by atoms with Crippen LogP contribution in [0, 0.1) is 0 Å². The predicted octanol–water partition coefficient (Wildman–Crippen LogP) is 31.8. The highest BCUT2D eigenvalue weighted by molar-refractivity contribution is 6.29. The fourth-order valence-corrected chi connectivity index (χ4v) is 20.6. The monoisotopic (exact) mass is 1440 g/mol. The molecule has 0 saturated carbocycles. The molecule has 2 aliphatic rings. The molecule has 0 atom stereocenters. The summed E-state index contributed by atoms with van der Waals surface area (Å²) in [4.78, 5) is 0. The summed E-state index contributed by atoms with van der Waals surface area (Å²) in [5, 5.41) is 31.1. The zero-order chi connectivity index (χ0) is 75.7. The number of rotatable bonds is 6. The lowest BCUT2D eigenvalue weighted by atomic mass is 9.80. The van der Waals surface area contributed by atoms with E-state index in [-0.39, 0.29) is 10.8 Å². The summed E-state index contributed by atoms with van der Waals surface area (Å²) in [7, 11) is 0. The number of benzene rings is 22. The third kappa shape index (κ3) is 9.90. The Balaban J connectivity index is 0.000000135. The van der Waals surface area contributed by atoms with E-state index >= 15 is 0 Å². The molecule has 0 fully saturated rings. The van der Waals surface area contributed by atoms with Crippen LogP contribution in [-0.2, 0) is 10.8 Å². The van der Waals surface area contributed by atoms with Gasteiger partial charge in [0.25, 0.3) is 0 Å². The van der Waals surface area contributed by atoms with Gasteiger partial charge in [0.1, 0.15) is 0 Å². The van der Waals surface area contributed by atoms with Crippen molar-refractivity contribution in [3.05, 3.63) is 411 Å². The van der Waals surface area contributed by atoms with Gasteiger partial charge in [-0.3, -0.25) is 0 Å². The molecule has 0 aromatic heterocycles. The highest BCUT2D eigenvalue weighted by atomic mass is 14.4. The minimum Gasteiger partial charge on any atom is -0.0616 e. The number of fused-ring (bicyclic) bond motifs is 24. The standard InChI is InChI=1S/2C57H38/c1-57(2)53-31-30-38(32-51(53)52-33-49-43-19-7-5-17-41(43)42-18-6-8-20-44(42)50(49)34-54(52)57)56-47-23-11-9-21-45(47)55(46-22-10-12-24-48(46)56)37-28-26-36(27-29-37)40-25-13-15-35-14-3-4-16-39(35)40;1-57(2)53-30-29-40(32-51(53)52-33-49-43-17-7-5-15-41(43)42-16-6-8-18-44(42)50(49)34-54(52)57)56-47-21-11-9-19-45(47)55(46-20-10-12-22-48(46)56)37-26-23-36(24-27-37)39-28-25-35-13-3-4-14-38(35)31-39/h2*3-34H,1-2H3. The first-order chi connectivity index (χ1) is 56.1. The first kappa shape index (κ1) is 65.8. The van der Waals surface area contributed by atoms with Gasteiger partial charge >= 0.3 is 0 Å². The maximum absolute atomic E-state index is 2.50. The molecule has 0 unspecified atom stereocenters. The summed E-state index contributed by atoms with van der Waals surface area (Å²) in [6, 6.07) is 145. The average molecular weight is 1450 g/mol. The Kier molecular flexibility index (Phi) is 14.6. The molecule has 0 aliphatic heterocycles. The van der Waals surface area contributed by atoms with Crippen LogP contribution in [0.1, 0.15) is 49.9 Å².